The Morgan fingerprint density at radius 1 is 1.04 bits per heavy atom. The standard InChI is InChI=1S/C39H44FN7O3/c1-27(23-34-28(2)44-45-36(34)31-11-13-33(40)14-12-31)24-43-38(49)39(50-3)17-4-5-20-46(26-39)25-35(48)47-21-15-30(16-22-47)29-7-9-32(10-8-29)37-41-18-6-19-42-37/h6-14,18-19,23,30,44H,1-2,4-5,15-17,20-22,24-26H2,3H3,(H,43,49)/b34-23+. The highest BCUT2D eigenvalue weighted by Gasteiger charge is 2.42. The summed E-state index contributed by atoms with van der Waals surface area (Å²) < 4.78 is 19.4. The number of carbonyl (C=O) groups excluding carboxylic acids is 2. The van der Waals surface area contributed by atoms with Crippen molar-refractivity contribution in [1.29, 1.82) is 0 Å². The molecule has 4 heterocycles. The molecule has 0 bridgehead atoms. The molecule has 0 aliphatic carbocycles. The lowest BCUT2D eigenvalue weighted by Crippen LogP contribution is -2.56. The number of amides is 2. The van der Waals surface area contributed by atoms with Gasteiger partial charge in [-0.15, -0.1) is 0 Å². The Kier molecular flexibility index (Phi) is 10.9. The lowest BCUT2D eigenvalue weighted by Gasteiger charge is -2.36. The molecule has 2 aromatic heterocycles. The number of methoxy groups -OCH3 is 1. The van der Waals surface area contributed by atoms with Crippen molar-refractivity contribution in [2.75, 3.05) is 46.4 Å². The van der Waals surface area contributed by atoms with Gasteiger partial charge in [0.1, 0.15) is 5.82 Å². The molecule has 2 aromatic carbocycles. The van der Waals surface area contributed by atoms with Crippen molar-refractivity contribution in [2.45, 2.75) is 43.6 Å². The van der Waals surface area contributed by atoms with Crippen molar-refractivity contribution in [2.24, 2.45) is 0 Å². The number of benzene rings is 2. The number of likely N-dealkylation sites (tertiary alicyclic amines) is 2. The van der Waals surface area contributed by atoms with E-state index in [0.29, 0.717) is 54.4 Å². The van der Waals surface area contributed by atoms with E-state index in [1.165, 1.54) is 17.7 Å². The van der Waals surface area contributed by atoms with Crippen molar-refractivity contribution in [1.82, 2.24) is 35.3 Å². The quantitative estimate of drug-likeness (QED) is 0.262. The third-order valence-electron chi connectivity index (χ3n) is 9.83. The maximum Gasteiger partial charge on any atom is 0.253 e. The van der Waals surface area contributed by atoms with Crippen LogP contribution in [0.25, 0.3) is 35.3 Å². The average molecular weight is 678 g/mol. The molecular weight excluding hydrogens is 633 g/mol. The molecule has 2 saturated heterocycles. The van der Waals surface area contributed by atoms with Crippen LogP contribution in [0.2, 0.25) is 0 Å². The number of piperidine rings is 1. The Morgan fingerprint density at radius 2 is 1.74 bits per heavy atom. The average Bonchev–Trinajstić information content (AvgIpc) is 3.37. The van der Waals surface area contributed by atoms with Crippen molar-refractivity contribution < 1.29 is 18.7 Å². The summed E-state index contributed by atoms with van der Waals surface area (Å²) in [4.78, 5) is 39.9. The first kappa shape index (κ1) is 34.8. The van der Waals surface area contributed by atoms with Gasteiger partial charge in [0.2, 0.25) is 5.91 Å². The van der Waals surface area contributed by atoms with Crippen LogP contribution in [0.4, 0.5) is 4.39 Å². The van der Waals surface area contributed by atoms with Crippen LogP contribution in [0.5, 0.6) is 0 Å². The topological polar surface area (TPSA) is 116 Å². The van der Waals surface area contributed by atoms with Gasteiger partial charge in [-0.2, -0.15) is 5.10 Å². The molecule has 2 N–H and O–H groups in total. The zero-order valence-electron chi connectivity index (χ0n) is 28.5. The zero-order chi connectivity index (χ0) is 35.1. The zero-order valence-corrected chi connectivity index (χ0v) is 28.5. The highest BCUT2D eigenvalue weighted by Crippen LogP contribution is 2.30. The van der Waals surface area contributed by atoms with E-state index >= 15 is 0 Å². The summed E-state index contributed by atoms with van der Waals surface area (Å²) in [5, 5.41) is 11.5. The molecule has 11 heteroatoms. The van der Waals surface area contributed by atoms with Gasteiger partial charge in [0, 0.05) is 62.0 Å². The molecule has 4 aromatic rings. The highest BCUT2D eigenvalue weighted by atomic mass is 19.1. The number of ether oxygens (including phenoxy) is 1. The molecule has 0 radical (unpaired) electrons. The molecular formula is C39H44FN7O3. The first-order chi connectivity index (χ1) is 24.2. The first-order valence-electron chi connectivity index (χ1n) is 17.1. The van der Waals surface area contributed by atoms with Gasteiger partial charge in [0.15, 0.2) is 11.4 Å². The molecule has 1 atom stereocenters. The number of nitrogens with zero attached hydrogens (tertiary/aromatic N) is 5. The molecule has 2 amide bonds. The smallest absolute Gasteiger partial charge is 0.253 e. The largest absolute Gasteiger partial charge is 0.367 e. The molecule has 0 saturated carbocycles. The van der Waals surface area contributed by atoms with Crippen molar-refractivity contribution in [3.63, 3.8) is 0 Å². The summed E-state index contributed by atoms with van der Waals surface area (Å²) in [5.74, 6) is 0.617. The summed E-state index contributed by atoms with van der Waals surface area (Å²) >= 11 is 0. The Morgan fingerprint density at radius 3 is 2.44 bits per heavy atom. The highest BCUT2D eigenvalue weighted by molar-refractivity contribution is 5.86. The van der Waals surface area contributed by atoms with E-state index in [9.17, 15) is 14.0 Å². The number of carbonyl (C=O) groups is 2. The van der Waals surface area contributed by atoms with Crippen LogP contribution >= 0.6 is 0 Å². The number of H-pyrrole nitrogens is 1. The first-order valence-corrected chi connectivity index (χ1v) is 17.1. The van der Waals surface area contributed by atoms with Gasteiger partial charge in [-0.3, -0.25) is 19.6 Å². The van der Waals surface area contributed by atoms with Crippen LogP contribution in [-0.2, 0) is 14.3 Å². The molecule has 2 fully saturated rings. The third-order valence-corrected chi connectivity index (χ3v) is 9.83. The number of hydrogen-bond acceptors (Lipinski definition) is 7. The van der Waals surface area contributed by atoms with E-state index in [-0.39, 0.29) is 30.7 Å². The van der Waals surface area contributed by atoms with E-state index in [0.717, 1.165) is 48.6 Å². The molecule has 1 unspecified atom stereocenters. The summed E-state index contributed by atoms with van der Waals surface area (Å²) in [6.45, 7) is 11.0. The van der Waals surface area contributed by atoms with Crippen LogP contribution in [-0.4, -0.2) is 93.8 Å². The summed E-state index contributed by atoms with van der Waals surface area (Å²) in [5.41, 5.74) is 3.17. The minimum Gasteiger partial charge on any atom is -0.367 e. The predicted molar refractivity (Wildman–Crippen MR) is 191 cm³/mol. The van der Waals surface area contributed by atoms with Gasteiger partial charge in [0.25, 0.3) is 5.91 Å². The van der Waals surface area contributed by atoms with Crippen LogP contribution in [0.1, 0.15) is 43.6 Å². The lowest BCUT2D eigenvalue weighted by molar-refractivity contribution is -0.147. The van der Waals surface area contributed by atoms with E-state index in [4.69, 9.17) is 4.74 Å². The van der Waals surface area contributed by atoms with Gasteiger partial charge in [-0.25, -0.2) is 14.4 Å². The molecule has 2 aliphatic rings. The minimum absolute atomic E-state index is 0.0800. The van der Waals surface area contributed by atoms with Gasteiger partial charge < -0.3 is 15.0 Å². The van der Waals surface area contributed by atoms with E-state index in [1.54, 1.807) is 37.7 Å². The normalized spacial score (nSPS) is 19.2. The second kappa shape index (κ2) is 15.7. The Balaban J connectivity index is 1.03. The summed E-state index contributed by atoms with van der Waals surface area (Å²) in [7, 11) is 1.56. The van der Waals surface area contributed by atoms with Gasteiger partial charge >= 0.3 is 0 Å². The maximum atomic E-state index is 13.7. The fraction of sp³-hybridized carbons (Fsp3) is 0.359. The number of hydrogen-bond donors (Lipinski definition) is 2. The van der Waals surface area contributed by atoms with E-state index < -0.39 is 5.60 Å². The number of aromatic amines is 1. The number of rotatable bonds is 10. The summed E-state index contributed by atoms with van der Waals surface area (Å²) in [6.07, 6.45) is 9.34. The molecule has 0 spiro atoms. The lowest BCUT2D eigenvalue weighted by atomic mass is 9.89. The third kappa shape index (κ3) is 8.06. The fourth-order valence-corrected chi connectivity index (χ4v) is 6.93. The molecule has 10 nitrogen and oxygen atoms in total. The van der Waals surface area contributed by atoms with Crippen LogP contribution in [0.3, 0.4) is 0 Å². The Labute approximate surface area is 291 Å². The number of aromatic nitrogens is 4. The van der Waals surface area contributed by atoms with Crippen molar-refractivity contribution in [3.8, 4) is 22.6 Å². The molecule has 6 rings (SSSR count). The van der Waals surface area contributed by atoms with Crippen LogP contribution < -0.4 is 15.9 Å². The maximum absolute atomic E-state index is 13.7. The predicted octanol–water partition coefficient (Wildman–Crippen LogP) is 3.81. The second-order valence-electron chi connectivity index (χ2n) is 13.2. The SMILES string of the molecule is C=C(/C=c1/c(-c2ccc(F)cc2)n[nH]c1=C)CNC(=O)C1(OC)CCCCN(CC(=O)N2CCC(c3ccc(-c4ncccn4)cc3)CC2)C1. The van der Waals surface area contributed by atoms with E-state index in [1.807, 2.05) is 11.0 Å². The van der Waals surface area contributed by atoms with Crippen LogP contribution in [0, 0.1) is 5.82 Å². The Hall–Kier alpha value is -5.00. The second-order valence-corrected chi connectivity index (χ2v) is 13.2. The minimum atomic E-state index is -1.09. The molecule has 2 aliphatic heterocycles. The van der Waals surface area contributed by atoms with Gasteiger partial charge in [-0.1, -0.05) is 37.4 Å². The number of nitrogens with one attached hydrogen (secondary N) is 2. The fourth-order valence-electron chi connectivity index (χ4n) is 6.93. The van der Waals surface area contributed by atoms with Gasteiger partial charge in [0.05, 0.1) is 17.6 Å². The molecule has 50 heavy (non-hydrogen) atoms. The van der Waals surface area contributed by atoms with Gasteiger partial charge in [-0.05, 0) is 92.1 Å². The van der Waals surface area contributed by atoms with Crippen molar-refractivity contribution in [3.05, 3.63) is 101 Å². The Bertz CT molecular complexity index is 1910. The monoisotopic (exact) mass is 677 g/mol. The van der Waals surface area contributed by atoms with E-state index in [2.05, 4.69) is 67.8 Å². The summed E-state index contributed by atoms with van der Waals surface area (Å²) in [6, 6.07) is 16.3. The van der Waals surface area contributed by atoms with Crippen LogP contribution in [0.15, 0.2) is 79.1 Å². The molecule has 260 valence electrons. The van der Waals surface area contributed by atoms with Crippen molar-refractivity contribution >= 4 is 24.5 Å². The number of halogens is 1.